The molecule has 1 aliphatic rings. The van der Waals surface area contributed by atoms with Crippen LogP contribution in [0.3, 0.4) is 0 Å². The first-order chi connectivity index (χ1) is 12.1. The molecule has 1 aliphatic heterocycles. The summed E-state index contributed by atoms with van der Waals surface area (Å²) in [5, 5.41) is 10.8. The average molecular weight is 339 g/mol. The molecule has 0 unspecified atom stereocenters. The summed E-state index contributed by atoms with van der Waals surface area (Å²) in [7, 11) is 0. The van der Waals surface area contributed by atoms with E-state index in [1.807, 2.05) is 19.2 Å². The van der Waals surface area contributed by atoms with Gasteiger partial charge in [0, 0.05) is 24.0 Å². The van der Waals surface area contributed by atoms with Crippen molar-refractivity contribution in [1.82, 2.24) is 19.9 Å². The van der Waals surface area contributed by atoms with Crippen LogP contribution in [0.1, 0.15) is 18.1 Å². The highest BCUT2D eigenvalue weighted by Crippen LogP contribution is 2.24. The Morgan fingerprint density at radius 1 is 1.32 bits per heavy atom. The van der Waals surface area contributed by atoms with Crippen LogP contribution >= 0.6 is 0 Å². The number of hydrogen-bond donors (Lipinski definition) is 2. The molecular formula is C18H18FN5O. The third-order valence-corrected chi connectivity index (χ3v) is 4.11. The molecule has 4 rings (SSSR count). The number of nitrogens with zero attached hydrogens (tertiary/aromatic N) is 3. The lowest BCUT2D eigenvalue weighted by Crippen LogP contribution is -2.28. The third-order valence-electron chi connectivity index (χ3n) is 4.11. The highest BCUT2D eigenvalue weighted by atomic mass is 19.1. The second-order valence-electron chi connectivity index (χ2n) is 6.03. The molecule has 2 bridgehead atoms. The second-order valence-corrected chi connectivity index (χ2v) is 6.03. The van der Waals surface area contributed by atoms with Gasteiger partial charge in [0.25, 0.3) is 0 Å². The fourth-order valence-electron chi connectivity index (χ4n) is 2.79. The van der Waals surface area contributed by atoms with Crippen molar-refractivity contribution in [2.75, 3.05) is 11.9 Å². The number of ether oxygens (including phenoxy) is 1. The molecule has 0 spiro atoms. The molecule has 1 aromatic carbocycles. The van der Waals surface area contributed by atoms with Crippen LogP contribution in [0.4, 0.5) is 10.2 Å². The van der Waals surface area contributed by atoms with Gasteiger partial charge in [-0.05, 0) is 31.2 Å². The van der Waals surface area contributed by atoms with Gasteiger partial charge in [-0.25, -0.2) is 13.9 Å². The van der Waals surface area contributed by atoms with Crippen molar-refractivity contribution in [3.05, 3.63) is 60.2 Å². The standard InChI is InChI=1S/C18H18FN5O/c1-11-8-20-12(2)15-10-22-24-6-5-17(23-18(15)24)21-9-13-7-14(19)3-4-16(13)25-11/h3-7,10-11,20H,2,8-9H2,1H3,(H,21,23)/t11-/m0/s1. The summed E-state index contributed by atoms with van der Waals surface area (Å²) in [6, 6.07) is 6.35. The topological polar surface area (TPSA) is 63.5 Å². The zero-order valence-corrected chi connectivity index (χ0v) is 13.8. The second kappa shape index (κ2) is 6.08. The van der Waals surface area contributed by atoms with Crippen LogP contribution in [0.15, 0.2) is 43.2 Å². The molecule has 128 valence electrons. The van der Waals surface area contributed by atoms with E-state index in [4.69, 9.17) is 4.74 Å². The van der Waals surface area contributed by atoms with Crippen LogP contribution in [0.5, 0.6) is 5.75 Å². The van der Waals surface area contributed by atoms with E-state index in [2.05, 4.69) is 27.3 Å². The Morgan fingerprint density at radius 3 is 3.08 bits per heavy atom. The summed E-state index contributed by atoms with van der Waals surface area (Å²) >= 11 is 0. The zero-order chi connectivity index (χ0) is 17.4. The van der Waals surface area contributed by atoms with Crippen LogP contribution in [-0.4, -0.2) is 27.2 Å². The van der Waals surface area contributed by atoms with E-state index in [9.17, 15) is 4.39 Å². The molecule has 25 heavy (non-hydrogen) atoms. The molecule has 3 aromatic rings. The minimum Gasteiger partial charge on any atom is -0.489 e. The molecule has 0 saturated carbocycles. The normalized spacial score (nSPS) is 17.5. The number of halogens is 1. The van der Waals surface area contributed by atoms with Gasteiger partial charge in [0.2, 0.25) is 0 Å². The zero-order valence-electron chi connectivity index (χ0n) is 13.8. The van der Waals surface area contributed by atoms with Crippen molar-refractivity contribution in [3.8, 4) is 5.75 Å². The Kier molecular flexibility index (Phi) is 3.76. The highest BCUT2D eigenvalue weighted by molar-refractivity contribution is 5.73. The van der Waals surface area contributed by atoms with Gasteiger partial charge in [-0.15, -0.1) is 0 Å². The van der Waals surface area contributed by atoms with Crippen molar-refractivity contribution in [3.63, 3.8) is 0 Å². The molecule has 0 saturated heterocycles. The van der Waals surface area contributed by atoms with Crippen molar-refractivity contribution < 1.29 is 9.13 Å². The lowest BCUT2D eigenvalue weighted by molar-refractivity contribution is 0.221. The van der Waals surface area contributed by atoms with E-state index in [0.717, 1.165) is 16.8 Å². The average Bonchev–Trinajstić information content (AvgIpc) is 3.02. The van der Waals surface area contributed by atoms with E-state index in [1.54, 1.807) is 16.8 Å². The number of rotatable bonds is 0. The maximum atomic E-state index is 13.7. The number of benzene rings is 1. The van der Waals surface area contributed by atoms with E-state index in [-0.39, 0.29) is 11.9 Å². The molecular weight excluding hydrogens is 321 g/mol. The minimum atomic E-state index is -0.297. The summed E-state index contributed by atoms with van der Waals surface area (Å²) in [6.07, 6.45) is 3.44. The van der Waals surface area contributed by atoms with Gasteiger partial charge < -0.3 is 15.4 Å². The number of fused-ring (bicyclic) bond motifs is 2. The van der Waals surface area contributed by atoms with Gasteiger partial charge >= 0.3 is 0 Å². The number of hydrogen-bond acceptors (Lipinski definition) is 5. The fourth-order valence-corrected chi connectivity index (χ4v) is 2.79. The van der Waals surface area contributed by atoms with Crippen molar-refractivity contribution in [1.29, 1.82) is 0 Å². The summed E-state index contributed by atoms with van der Waals surface area (Å²) in [6.45, 7) is 6.99. The monoisotopic (exact) mass is 339 g/mol. The minimum absolute atomic E-state index is 0.121. The van der Waals surface area contributed by atoms with Crippen molar-refractivity contribution >= 4 is 17.2 Å². The van der Waals surface area contributed by atoms with Gasteiger partial charge in [-0.1, -0.05) is 6.58 Å². The summed E-state index contributed by atoms with van der Waals surface area (Å²) in [5.41, 5.74) is 3.00. The first-order valence-corrected chi connectivity index (χ1v) is 8.06. The number of anilines is 1. The fraction of sp³-hybridized carbons (Fsp3) is 0.222. The van der Waals surface area contributed by atoms with Gasteiger partial charge in [-0.3, -0.25) is 0 Å². The Balaban J connectivity index is 1.77. The summed E-state index contributed by atoms with van der Waals surface area (Å²) in [4.78, 5) is 4.60. The predicted octanol–water partition coefficient (Wildman–Crippen LogP) is 2.82. The first kappa shape index (κ1) is 15.4. The molecule has 2 aromatic heterocycles. The number of nitrogens with one attached hydrogen (secondary N) is 2. The van der Waals surface area contributed by atoms with Gasteiger partial charge in [0.15, 0.2) is 5.65 Å². The van der Waals surface area contributed by atoms with E-state index < -0.39 is 0 Å². The molecule has 1 atom stereocenters. The van der Waals surface area contributed by atoms with E-state index in [0.29, 0.717) is 30.3 Å². The van der Waals surface area contributed by atoms with Gasteiger partial charge in [0.1, 0.15) is 23.5 Å². The Labute approximate surface area is 144 Å². The Hall–Kier alpha value is -3.09. The maximum absolute atomic E-state index is 13.7. The SMILES string of the molecule is C=C1NC[C@H](C)Oc2ccc(F)cc2CNc2ccn3ncc1c3n2. The van der Waals surface area contributed by atoms with Crippen molar-refractivity contribution in [2.24, 2.45) is 0 Å². The van der Waals surface area contributed by atoms with E-state index in [1.165, 1.54) is 12.1 Å². The smallest absolute Gasteiger partial charge is 0.166 e. The maximum Gasteiger partial charge on any atom is 0.166 e. The summed E-state index contributed by atoms with van der Waals surface area (Å²) in [5.74, 6) is 1.02. The number of aromatic nitrogens is 3. The van der Waals surface area contributed by atoms with E-state index >= 15 is 0 Å². The van der Waals surface area contributed by atoms with Crippen LogP contribution < -0.4 is 15.4 Å². The molecule has 3 heterocycles. The molecule has 0 amide bonds. The Morgan fingerprint density at radius 2 is 2.20 bits per heavy atom. The molecule has 0 fully saturated rings. The predicted molar refractivity (Wildman–Crippen MR) is 93.8 cm³/mol. The molecule has 7 heteroatoms. The summed E-state index contributed by atoms with van der Waals surface area (Å²) < 4.78 is 21.3. The molecule has 0 aliphatic carbocycles. The molecule has 6 nitrogen and oxygen atoms in total. The lowest BCUT2D eigenvalue weighted by atomic mass is 10.2. The van der Waals surface area contributed by atoms with Crippen LogP contribution in [0.2, 0.25) is 0 Å². The van der Waals surface area contributed by atoms with Crippen LogP contribution in [0, 0.1) is 5.82 Å². The molecule has 2 N–H and O–H groups in total. The third kappa shape index (κ3) is 3.00. The Bertz CT molecular complexity index is 952. The first-order valence-electron chi connectivity index (χ1n) is 8.06. The largest absolute Gasteiger partial charge is 0.489 e. The van der Waals surface area contributed by atoms with Crippen LogP contribution in [0.25, 0.3) is 11.3 Å². The molecule has 0 radical (unpaired) electrons. The van der Waals surface area contributed by atoms with Gasteiger partial charge in [0.05, 0.1) is 18.3 Å². The van der Waals surface area contributed by atoms with Gasteiger partial charge in [-0.2, -0.15) is 5.10 Å². The lowest BCUT2D eigenvalue weighted by Gasteiger charge is -2.19. The quantitative estimate of drug-likeness (QED) is 0.659. The highest BCUT2D eigenvalue weighted by Gasteiger charge is 2.15. The van der Waals surface area contributed by atoms with Crippen LogP contribution in [-0.2, 0) is 6.54 Å². The van der Waals surface area contributed by atoms with Crippen molar-refractivity contribution in [2.45, 2.75) is 19.6 Å².